The Morgan fingerprint density at radius 2 is 2.15 bits per heavy atom. The van der Waals surface area contributed by atoms with E-state index in [1.807, 2.05) is 12.4 Å². The van der Waals surface area contributed by atoms with Gasteiger partial charge in [-0.25, -0.2) is 20.8 Å². The van der Waals surface area contributed by atoms with Crippen LogP contribution in [0.15, 0.2) is 18.6 Å². The second kappa shape index (κ2) is 6.47. The number of aromatic nitrogens is 4. The van der Waals surface area contributed by atoms with E-state index in [0.29, 0.717) is 17.6 Å². The van der Waals surface area contributed by atoms with Crippen LogP contribution >= 0.6 is 0 Å². The smallest absolute Gasteiger partial charge is 0.180 e. The molecule has 0 fully saturated rings. The summed E-state index contributed by atoms with van der Waals surface area (Å²) < 4.78 is 2.06. The first-order valence-electron chi connectivity index (χ1n) is 6.99. The van der Waals surface area contributed by atoms with Gasteiger partial charge in [-0.3, -0.25) is 0 Å². The fraction of sp³-hybridized carbons (Fsp3) is 0.500. The van der Waals surface area contributed by atoms with E-state index in [9.17, 15) is 0 Å². The molecule has 108 valence electrons. The third-order valence-corrected chi connectivity index (χ3v) is 2.95. The zero-order valence-electron chi connectivity index (χ0n) is 12.3. The molecule has 0 aliphatic carbocycles. The van der Waals surface area contributed by atoms with Crippen molar-refractivity contribution in [2.45, 2.75) is 40.2 Å². The number of aryl methyl sites for hydroxylation is 1. The molecule has 0 atom stereocenters. The molecule has 6 nitrogen and oxygen atoms in total. The topological polar surface area (TPSA) is 81.7 Å². The lowest BCUT2D eigenvalue weighted by Crippen LogP contribution is -2.12. The first kappa shape index (κ1) is 14.5. The highest BCUT2D eigenvalue weighted by Crippen LogP contribution is 2.19. The number of nitrogens with one attached hydrogen (secondary N) is 1. The van der Waals surface area contributed by atoms with Crippen molar-refractivity contribution in [3.05, 3.63) is 24.3 Å². The summed E-state index contributed by atoms with van der Waals surface area (Å²) in [5.41, 5.74) is 4.53. The Labute approximate surface area is 119 Å². The Morgan fingerprint density at radius 3 is 2.80 bits per heavy atom. The van der Waals surface area contributed by atoms with E-state index in [2.05, 4.69) is 45.7 Å². The Bertz CT molecular complexity index is 561. The van der Waals surface area contributed by atoms with Crippen LogP contribution in [0.25, 0.3) is 11.5 Å². The van der Waals surface area contributed by atoms with Crippen molar-refractivity contribution in [1.82, 2.24) is 19.5 Å². The summed E-state index contributed by atoms with van der Waals surface area (Å²) in [7, 11) is 0. The van der Waals surface area contributed by atoms with Crippen LogP contribution in [0.5, 0.6) is 0 Å². The van der Waals surface area contributed by atoms with Crippen molar-refractivity contribution in [1.29, 1.82) is 0 Å². The second-order valence-corrected chi connectivity index (χ2v) is 5.28. The number of nitrogen functional groups attached to an aromatic ring is 1. The molecule has 6 heteroatoms. The maximum Gasteiger partial charge on any atom is 0.180 e. The molecule has 2 rings (SSSR count). The summed E-state index contributed by atoms with van der Waals surface area (Å²) in [6, 6.07) is 1.89. The zero-order chi connectivity index (χ0) is 14.5. The summed E-state index contributed by atoms with van der Waals surface area (Å²) in [5.74, 6) is 7.34. The van der Waals surface area contributed by atoms with Crippen molar-refractivity contribution in [3.63, 3.8) is 0 Å². The van der Waals surface area contributed by atoms with Crippen molar-refractivity contribution in [3.8, 4) is 11.5 Å². The van der Waals surface area contributed by atoms with Gasteiger partial charge in [-0.1, -0.05) is 20.8 Å². The number of hydrazine groups is 1. The summed E-state index contributed by atoms with van der Waals surface area (Å²) >= 11 is 0. The van der Waals surface area contributed by atoms with Gasteiger partial charge in [0.05, 0.1) is 12.5 Å². The number of nitrogens with zero attached hydrogens (tertiary/aromatic N) is 4. The molecule has 3 N–H and O–H groups in total. The van der Waals surface area contributed by atoms with Crippen molar-refractivity contribution < 1.29 is 0 Å². The number of hydrogen-bond acceptors (Lipinski definition) is 5. The van der Waals surface area contributed by atoms with Gasteiger partial charge in [0.1, 0.15) is 11.5 Å². The predicted molar refractivity (Wildman–Crippen MR) is 79.9 cm³/mol. The average Bonchev–Trinajstić information content (AvgIpc) is 2.86. The highest BCUT2D eigenvalue weighted by molar-refractivity contribution is 5.52. The van der Waals surface area contributed by atoms with E-state index in [-0.39, 0.29) is 0 Å². The van der Waals surface area contributed by atoms with Crippen LogP contribution in [0.4, 0.5) is 5.82 Å². The van der Waals surface area contributed by atoms with E-state index in [4.69, 9.17) is 5.84 Å². The lowest BCUT2D eigenvalue weighted by atomic mass is 10.1. The minimum absolute atomic E-state index is 0.531. The third kappa shape index (κ3) is 3.33. The van der Waals surface area contributed by atoms with E-state index >= 15 is 0 Å². The fourth-order valence-corrected chi connectivity index (χ4v) is 2.13. The fourth-order valence-electron chi connectivity index (χ4n) is 2.13. The summed E-state index contributed by atoms with van der Waals surface area (Å²) in [4.78, 5) is 13.3. The van der Waals surface area contributed by atoms with Crippen molar-refractivity contribution in [2.75, 3.05) is 5.43 Å². The summed E-state index contributed by atoms with van der Waals surface area (Å²) in [6.45, 7) is 7.36. The number of imidazole rings is 1. The van der Waals surface area contributed by atoms with Gasteiger partial charge in [-0.2, -0.15) is 0 Å². The lowest BCUT2D eigenvalue weighted by molar-refractivity contribution is 0.633. The Balaban J connectivity index is 2.41. The quantitative estimate of drug-likeness (QED) is 0.623. The number of hydrogen-bond donors (Lipinski definition) is 2. The van der Waals surface area contributed by atoms with Gasteiger partial charge in [-0.05, 0) is 18.8 Å². The largest absolute Gasteiger partial charge is 0.328 e. The highest BCUT2D eigenvalue weighted by atomic mass is 15.3. The van der Waals surface area contributed by atoms with Gasteiger partial charge < -0.3 is 9.99 Å². The summed E-state index contributed by atoms with van der Waals surface area (Å²) in [5, 5.41) is 0. The standard InChI is InChI=1S/C14H22N6/c1-4-5-20-9-16-8-12(20)14-17-11(6-10(2)3)7-13(18-14)19-15/h7-10H,4-6,15H2,1-3H3,(H,17,18,19). The van der Waals surface area contributed by atoms with Crippen LogP contribution in [0.2, 0.25) is 0 Å². The van der Waals surface area contributed by atoms with Crippen LogP contribution in [0, 0.1) is 5.92 Å². The second-order valence-electron chi connectivity index (χ2n) is 5.28. The minimum atomic E-state index is 0.531. The number of nitrogens with two attached hydrogens (primary N) is 1. The molecule has 2 heterocycles. The van der Waals surface area contributed by atoms with Crippen LogP contribution in [0.3, 0.4) is 0 Å². The van der Waals surface area contributed by atoms with Gasteiger partial charge in [-0.15, -0.1) is 0 Å². The van der Waals surface area contributed by atoms with E-state index in [1.165, 1.54) is 0 Å². The van der Waals surface area contributed by atoms with E-state index < -0.39 is 0 Å². The molecule has 0 saturated heterocycles. The maximum atomic E-state index is 5.51. The molecule has 0 unspecified atom stereocenters. The third-order valence-electron chi connectivity index (χ3n) is 2.95. The average molecular weight is 274 g/mol. The maximum absolute atomic E-state index is 5.51. The predicted octanol–water partition coefficient (Wildman–Crippen LogP) is 2.23. The highest BCUT2D eigenvalue weighted by Gasteiger charge is 2.11. The molecule has 2 aromatic heterocycles. The van der Waals surface area contributed by atoms with Crippen LogP contribution in [0.1, 0.15) is 32.9 Å². The van der Waals surface area contributed by atoms with Gasteiger partial charge in [0, 0.05) is 18.3 Å². The molecule has 0 amide bonds. The van der Waals surface area contributed by atoms with Gasteiger partial charge in [0.25, 0.3) is 0 Å². The SMILES string of the molecule is CCCn1cncc1-c1nc(CC(C)C)cc(NN)n1. The Morgan fingerprint density at radius 1 is 1.35 bits per heavy atom. The molecular formula is C14H22N6. The van der Waals surface area contributed by atoms with Crippen LogP contribution < -0.4 is 11.3 Å². The molecule has 0 aromatic carbocycles. The first-order valence-corrected chi connectivity index (χ1v) is 6.99. The molecule has 0 radical (unpaired) electrons. The normalized spacial score (nSPS) is 11.1. The molecule has 2 aromatic rings. The molecule has 0 saturated carbocycles. The van der Waals surface area contributed by atoms with Crippen molar-refractivity contribution >= 4 is 5.82 Å². The first-order chi connectivity index (χ1) is 9.63. The zero-order valence-corrected chi connectivity index (χ0v) is 12.3. The lowest BCUT2D eigenvalue weighted by Gasteiger charge is -2.10. The van der Waals surface area contributed by atoms with Gasteiger partial charge >= 0.3 is 0 Å². The van der Waals surface area contributed by atoms with Gasteiger partial charge in [0.15, 0.2) is 5.82 Å². The van der Waals surface area contributed by atoms with Crippen molar-refractivity contribution in [2.24, 2.45) is 11.8 Å². The number of anilines is 1. The van der Waals surface area contributed by atoms with E-state index in [0.717, 1.165) is 30.8 Å². The van der Waals surface area contributed by atoms with Gasteiger partial charge in [0.2, 0.25) is 0 Å². The molecule has 0 aliphatic heterocycles. The molecule has 0 spiro atoms. The number of rotatable bonds is 6. The van der Waals surface area contributed by atoms with E-state index in [1.54, 1.807) is 6.20 Å². The van der Waals surface area contributed by atoms with Crippen LogP contribution in [-0.4, -0.2) is 19.5 Å². The monoisotopic (exact) mass is 274 g/mol. The Hall–Kier alpha value is -1.95. The summed E-state index contributed by atoms with van der Waals surface area (Å²) in [6.07, 6.45) is 5.54. The molecule has 0 bridgehead atoms. The molecular weight excluding hydrogens is 252 g/mol. The van der Waals surface area contributed by atoms with Crippen LogP contribution in [-0.2, 0) is 13.0 Å². The Kier molecular flexibility index (Phi) is 4.68. The molecule has 0 aliphatic rings. The minimum Gasteiger partial charge on any atom is -0.328 e. The molecule has 20 heavy (non-hydrogen) atoms.